The SMILES string of the molecule is CCCCCCC/C=C\C=C(/C)C(=O)NC(CO[Si](c1ccccc1)(c1ccccc1)C(C)(C)C)C(=O)NC(C=O)C(=O)OC. The fourth-order valence-corrected chi connectivity index (χ4v) is 9.78. The molecule has 244 valence electrons. The number of carbonyl (C=O) groups excluding carboxylic acids is 4. The maximum atomic E-state index is 13.5. The quantitative estimate of drug-likeness (QED) is 0.0465. The summed E-state index contributed by atoms with van der Waals surface area (Å²) in [5.74, 6) is -2.11. The molecule has 2 aromatic carbocycles. The lowest BCUT2D eigenvalue weighted by Crippen LogP contribution is -2.68. The molecule has 2 N–H and O–H groups in total. The number of ether oxygens (including phenoxy) is 1. The molecule has 0 radical (unpaired) electrons. The fraction of sp³-hybridized carbons (Fsp3) is 0.444. The molecule has 0 aliphatic heterocycles. The van der Waals surface area contributed by atoms with Crippen LogP contribution in [0, 0.1) is 0 Å². The lowest BCUT2D eigenvalue weighted by Gasteiger charge is -2.43. The predicted octanol–water partition coefficient (Wildman–Crippen LogP) is 4.77. The van der Waals surface area contributed by atoms with Crippen LogP contribution < -0.4 is 21.0 Å². The van der Waals surface area contributed by atoms with E-state index in [1.54, 1.807) is 13.0 Å². The van der Waals surface area contributed by atoms with Crippen molar-refractivity contribution in [3.05, 3.63) is 84.5 Å². The van der Waals surface area contributed by atoms with Crippen LogP contribution in [-0.4, -0.2) is 58.2 Å². The highest BCUT2D eigenvalue weighted by Gasteiger charge is 2.50. The third-order valence-electron chi connectivity index (χ3n) is 7.71. The van der Waals surface area contributed by atoms with Crippen LogP contribution in [0.3, 0.4) is 0 Å². The Morgan fingerprint density at radius 2 is 1.47 bits per heavy atom. The van der Waals surface area contributed by atoms with Crippen LogP contribution in [0.15, 0.2) is 84.5 Å². The van der Waals surface area contributed by atoms with E-state index in [0.717, 1.165) is 30.3 Å². The van der Waals surface area contributed by atoms with E-state index in [0.29, 0.717) is 11.9 Å². The molecule has 2 aromatic rings. The van der Waals surface area contributed by atoms with E-state index >= 15 is 0 Å². The zero-order chi connectivity index (χ0) is 33.3. The molecule has 2 atom stereocenters. The summed E-state index contributed by atoms with van der Waals surface area (Å²) in [6.45, 7) is 9.98. The maximum absolute atomic E-state index is 13.5. The number of amides is 2. The van der Waals surface area contributed by atoms with Gasteiger partial charge in [0, 0.05) is 5.57 Å². The Labute approximate surface area is 269 Å². The highest BCUT2D eigenvalue weighted by Crippen LogP contribution is 2.36. The summed E-state index contributed by atoms with van der Waals surface area (Å²) < 4.78 is 11.6. The number of rotatable bonds is 18. The van der Waals surface area contributed by atoms with Crippen LogP contribution in [-0.2, 0) is 28.3 Å². The summed E-state index contributed by atoms with van der Waals surface area (Å²) in [6.07, 6.45) is 12.7. The first kappa shape index (κ1) is 37.4. The number of allylic oxidation sites excluding steroid dienone is 3. The van der Waals surface area contributed by atoms with Gasteiger partial charge in [0.1, 0.15) is 6.04 Å². The smallest absolute Gasteiger partial charge is 0.335 e. The van der Waals surface area contributed by atoms with Crippen molar-refractivity contribution in [2.75, 3.05) is 13.7 Å². The van der Waals surface area contributed by atoms with Crippen LogP contribution in [0.5, 0.6) is 0 Å². The standard InChI is InChI=1S/C36H50N2O6Si/c1-7-8-9-10-11-12-13-16-21-28(2)33(40)38-32(34(41)37-31(26-39)35(42)43-6)27-44-45(36(3,4)5,29-22-17-14-18-23-29)30-24-19-15-20-25-30/h13-26,31-32H,7-12,27H2,1-6H3,(H,37,41)(H,38,40)/b16-13-,28-21+. The first-order chi connectivity index (χ1) is 21.5. The molecule has 0 spiro atoms. The molecule has 2 rings (SSSR count). The van der Waals surface area contributed by atoms with Crippen LogP contribution in [0.2, 0.25) is 5.04 Å². The Bertz CT molecular complexity index is 1250. The molecule has 0 saturated heterocycles. The van der Waals surface area contributed by atoms with Crippen LogP contribution in [0.25, 0.3) is 0 Å². The van der Waals surface area contributed by atoms with Crippen LogP contribution >= 0.6 is 0 Å². The van der Waals surface area contributed by atoms with E-state index in [9.17, 15) is 19.2 Å². The van der Waals surface area contributed by atoms with Crippen molar-refractivity contribution in [3.8, 4) is 0 Å². The van der Waals surface area contributed by atoms with E-state index < -0.39 is 38.2 Å². The summed E-state index contributed by atoms with van der Waals surface area (Å²) in [5, 5.41) is 6.81. The first-order valence-corrected chi connectivity index (χ1v) is 17.6. The Balaban J connectivity index is 2.39. The van der Waals surface area contributed by atoms with Gasteiger partial charge >= 0.3 is 5.97 Å². The van der Waals surface area contributed by atoms with Gasteiger partial charge in [-0.05, 0) is 35.2 Å². The number of hydrogen-bond acceptors (Lipinski definition) is 6. The third-order valence-corrected chi connectivity index (χ3v) is 12.7. The van der Waals surface area contributed by atoms with Gasteiger partial charge < -0.3 is 24.6 Å². The second-order valence-corrected chi connectivity index (χ2v) is 16.4. The van der Waals surface area contributed by atoms with Crippen molar-refractivity contribution >= 4 is 42.8 Å². The van der Waals surface area contributed by atoms with Crippen LogP contribution in [0.1, 0.15) is 73.1 Å². The number of unbranched alkanes of at least 4 members (excludes halogenated alkanes) is 5. The Morgan fingerprint density at radius 3 is 1.98 bits per heavy atom. The average molecular weight is 635 g/mol. The fourth-order valence-electron chi connectivity index (χ4n) is 5.20. The van der Waals surface area contributed by atoms with Crippen molar-refractivity contribution in [1.82, 2.24) is 10.6 Å². The van der Waals surface area contributed by atoms with E-state index in [1.165, 1.54) is 25.7 Å². The lowest BCUT2D eigenvalue weighted by atomic mass is 10.1. The Morgan fingerprint density at radius 1 is 0.889 bits per heavy atom. The molecular formula is C36H50N2O6Si. The molecule has 0 heterocycles. The molecule has 45 heavy (non-hydrogen) atoms. The normalized spacial score (nSPS) is 13.6. The number of carbonyl (C=O) groups is 4. The molecule has 9 heteroatoms. The van der Waals surface area contributed by atoms with Crippen molar-refractivity contribution in [2.45, 2.75) is 90.3 Å². The van der Waals surface area contributed by atoms with Gasteiger partial charge in [0.05, 0.1) is 13.7 Å². The first-order valence-electron chi connectivity index (χ1n) is 15.7. The molecule has 0 saturated carbocycles. The van der Waals surface area contributed by atoms with Crippen molar-refractivity contribution in [3.63, 3.8) is 0 Å². The number of hydrogen-bond donors (Lipinski definition) is 2. The molecule has 2 amide bonds. The van der Waals surface area contributed by atoms with Gasteiger partial charge in [-0.1, -0.05) is 132 Å². The van der Waals surface area contributed by atoms with Crippen molar-refractivity contribution in [1.29, 1.82) is 0 Å². The van der Waals surface area contributed by atoms with E-state index in [1.807, 2.05) is 72.8 Å². The number of nitrogens with one attached hydrogen (secondary N) is 2. The minimum absolute atomic E-state index is 0.196. The zero-order valence-electron chi connectivity index (χ0n) is 27.6. The summed E-state index contributed by atoms with van der Waals surface area (Å²) >= 11 is 0. The Kier molecular flexibility index (Phi) is 15.7. The van der Waals surface area contributed by atoms with Crippen molar-refractivity contribution < 1.29 is 28.3 Å². The molecule has 0 bridgehead atoms. The van der Waals surface area contributed by atoms with Gasteiger partial charge in [0.2, 0.25) is 11.8 Å². The summed E-state index contributed by atoms with van der Waals surface area (Å²) in [6, 6.07) is 17.1. The molecule has 0 aromatic heterocycles. The monoisotopic (exact) mass is 634 g/mol. The highest BCUT2D eigenvalue weighted by molar-refractivity contribution is 6.99. The zero-order valence-corrected chi connectivity index (χ0v) is 28.6. The molecule has 0 aliphatic rings. The largest absolute Gasteiger partial charge is 0.467 e. The highest BCUT2D eigenvalue weighted by atomic mass is 28.4. The van der Waals surface area contributed by atoms with Gasteiger partial charge in [-0.3, -0.25) is 9.59 Å². The summed E-state index contributed by atoms with van der Waals surface area (Å²) in [5.41, 5.74) is 0.403. The topological polar surface area (TPSA) is 111 Å². The van der Waals surface area contributed by atoms with E-state index in [4.69, 9.17) is 4.43 Å². The van der Waals surface area contributed by atoms with Gasteiger partial charge in [-0.2, -0.15) is 0 Å². The minimum Gasteiger partial charge on any atom is -0.467 e. The van der Waals surface area contributed by atoms with Gasteiger partial charge in [0.15, 0.2) is 12.3 Å². The Hall–Kier alpha value is -3.82. The number of esters is 1. The molecular weight excluding hydrogens is 584 g/mol. The molecule has 0 aliphatic carbocycles. The number of methoxy groups -OCH3 is 1. The second kappa shape index (κ2) is 18.9. The lowest BCUT2D eigenvalue weighted by molar-refractivity contribution is -0.146. The third kappa shape index (κ3) is 10.9. The molecule has 0 fully saturated rings. The summed E-state index contributed by atoms with van der Waals surface area (Å²) in [7, 11) is -1.95. The maximum Gasteiger partial charge on any atom is 0.335 e. The molecule has 2 unspecified atom stereocenters. The van der Waals surface area contributed by atoms with Gasteiger partial charge in [-0.15, -0.1) is 0 Å². The predicted molar refractivity (Wildman–Crippen MR) is 182 cm³/mol. The van der Waals surface area contributed by atoms with Crippen molar-refractivity contribution in [2.24, 2.45) is 0 Å². The van der Waals surface area contributed by atoms with Crippen LogP contribution in [0.4, 0.5) is 0 Å². The van der Waals surface area contributed by atoms with Gasteiger partial charge in [0.25, 0.3) is 8.32 Å². The number of aldehydes is 1. The number of benzene rings is 2. The summed E-state index contributed by atoms with van der Waals surface area (Å²) in [4.78, 5) is 50.6. The molecule has 8 nitrogen and oxygen atoms in total. The second-order valence-electron chi connectivity index (χ2n) is 12.1. The average Bonchev–Trinajstić information content (AvgIpc) is 3.04. The van der Waals surface area contributed by atoms with E-state index in [2.05, 4.69) is 43.1 Å². The minimum atomic E-state index is -3.07. The van der Waals surface area contributed by atoms with Gasteiger partial charge in [-0.25, -0.2) is 4.79 Å². The van der Waals surface area contributed by atoms with E-state index in [-0.39, 0.29) is 11.6 Å².